The number of hydrogen-bond acceptors (Lipinski definition) is 4. The van der Waals surface area contributed by atoms with E-state index in [2.05, 4.69) is 5.32 Å². The number of nitrogens with zero attached hydrogens (tertiary/aromatic N) is 1. The molecule has 0 saturated carbocycles. The fourth-order valence-electron chi connectivity index (χ4n) is 1.65. The molecular weight excluding hydrogens is 184 g/mol. The first-order chi connectivity index (χ1) is 6.66. The minimum atomic E-state index is -0.335. The zero-order chi connectivity index (χ0) is 10.3. The number of nitrogens with one attached hydrogen (secondary N) is 1. The van der Waals surface area contributed by atoms with Crippen molar-refractivity contribution in [2.75, 3.05) is 19.2 Å². The van der Waals surface area contributed by atoms with Crippen molar-refractivity contribution in [3.05, 3.63) is 11.4 Å². The Labute approximate surface area is 81.6 Å². The smallest absolute Gasteiger partial charge is 0.361 e. The summed E-state index contributed by atoms with van der Waals surface area (Å²) in [5.74, 6) is 0.252. The molecule has 1 aliphatic rings. The van der Waals surface area contributed by atoms with E-state index in [1.807, 2.05) is 14.0 Å². The van der Waals surface area contributed by atoms with Crippen LogP contribution in [0.15, 0.2) is 0 Å². The molecule has 0 radical (unpaired) electrons. The molecular formula is C9H12N2O3. The van der Waals surface area contributed by atoms with Gasteiger partial charge in [0.1, 0.15) is 0 Å². The van der Waals surface area contributed by atoms with E-state index >= 15 is 0 Å². The Hall–Kier alpha value is -1.65. The molecule has 0 saturated heterocycles. The molecule has 1 aromatic rings. The summed E-state index contributed by atoms with van der Waals surface area (Å²) in [6.07, 6.45) is 0. The van der Waals surface area contributed by atoms with E-state index < -0.39 is 0 Å². The van der Waals surface area contributed by atoms with Crippen LogP contribution in [0.4, 0.5) is 5.69 Å². The first-order valence-corrected chi connectivity index (χ1v) is 4.33. The lowest BCUT2D eigenvalue weighted by atomic mass is 10.3. The van der Waals surface area contributed by atoms with E-state index in [0.717, 1.165) is 11.4 Å². The largest absolute Gasteiger partial charge is 0.453 e. The Kier molecular flexibility index (Phi) is 1.87. The molecule has 0 unspecified atom stereocenters. The van der Waals surface area contributed by atoms with E-state index in [-0.39, 0.29) is 12.8 Å². The van der Waals surface area contributed by atoms with Crippen molar-refractivity contribution in [1.29, 1.82) is 0 Å². The average molecular weight is 196 g/mol. The number of ether oxygens (including phenoxy) is 2. The van der Waals surface area contributed by atoms with Crippen LogP contribution in [0.3, 0.4) is 0 Å². The fraction of sp³-hybridized carbons (Fsp3) is 0.444. The second-order valence-corrected chi connectivity index (χ2v) is 3.14. The van der Waals surface area contributed by atoms with Gasteiger partial charge in [-0.1, -0.05) is 0 Å². The second kappa shape index (κ2) is 2.94. The number of fused-ring (bicyclic) bond motifs is 1. The van der Waals surface area contributed by atoms with Gasteiger partial charge in [-0.2, -0.15) is 0 Å². The van der Waals surface area contributed by atoms with Gasteiger partial charge in [0, 0.05) is 19.8 Å². The number of hydrogen-bond donors (Lipinski definition) is 1. The van der Waals surface area contributed by atoms with E-state index in [1.54, 1.807) is 11.6 Å². The van der Waals surface area contributed by atoms with Crippen molar-refractivity contribution in [3.8, 4) is 5.75 Å². The SMILES string of the molecule is CNc1c2c(n(C)c1C)C(=O)OCO2. The lowest BCUT2D eigenvalue weighted by Gasteiger charge is -2.15. The lowest BCUT2D eigenvalue weighted by Crippen LogP contribution is -2.20. The summed E-state index contributed by atoms with van der Waals surface area (Å²) >= 11 is 0. The standard InChI is InChI=1S/C9H12N2O3/c1-5-6(10-2)8-7(11(5)3)9(12)14-4-13-8/h10H,4H2,1-3H3. The zero-order valence-corrected chi connectivity index (χ0v) is 8.38. The molecule has 5 heteroatoms. The van der Waals surface area contributed by atoms with Gasteiger partial charge in [-0.3, -0.25) is 0 Å². The molecule has 0 bridgehead atoms. The highest BCUT2D eigenvalue weighted by Gasteiger charge is 2.29. The molecule has 0 fully saturated rings. The highest BCUT2D eigenvalue weighted by molar-refractivity contribution is 5.95. The van der Waals surface area contributed by atoms with Crippen molar-refractivity contribution in [2.45, 2.75) is 6.92 Å². The highest BCUT2D eigenvalue weighted by Crippen LogP contribution is 2.36. The Morgan fingerprint density at radius 2 is 2.14 bits per heavy atom. The molecule has 5 nitrogen and oxygen atoms in total. The second-order valence-electron chi connectivity index (χ2n) is 3.14. The molecule has 76 valence electrons. The van der Waals surface area contributed by atoms with Gasteiger partial charge in [0.2, 0.25) is 6.79 Å². The summed E-state index contributed by atoms with van der Waals surface area (Å²) < 4.78 is 11.8. The maximum Gasteiger partial charge on any atom is 0.361 e. The van der Waals surface area contributed by atoms with Crippen molar-refractivity contribution >= 4 is 11.7 Å². The minimum Gasteiger partial charge on any atom is -0.453 e. The predicted molar refractivity (Wildman–Crippen MR) is 50.6 cm³/mol. The number of anilines is 1. The zero-order valence-electron chi connectivity index (χ0n) is 8.38. The summed E-state index contributed by atoms with van der Waals surface area (Å²) in [4.78, 5) is 11.4. The predicted octanol–water partition coefficient (Wildman–Crippen LogP) is 0.882. The van der Waals surface area contributed by atoms with Crippen LogP contribution in [0, 0.1) is 6.92 Å². The molecule has 0 amide bonds. The van der Waals surface area contributed by atoms with E-state index in [9.17, 15) is 4.79 Å². The molecule has 0 aromatic carbocycles. The first-order valence-electron chi connectivity index (χ1n) is 4.33. The van der Waals surface area contributed by atoms with Crippen LogP contribution in [0.2, 0.25) is 0 Å². The fourth-order valence-corrected chi connectivity index (χ4v) is 1.65. The third kappa shape index (κ3) is 0.982. The van der Waals surface area contributed by atoms with Gasteiger partial charge in [-0.15, -0.1) is 0 Å². The quantitative estimate of drug-likeness (QED) is 0.677. The number of carbonyl (C=O) groups is 1. The van der Waals surface area contributed by atoms with Crippen LogP contribution < -0.4 is 10.1 Å². The maximum atomic E-state index is 11.4. The van der Waals surface area contributed by atoms with Crippen LogP contribution >= 0.6 is 0 Å². The van der Waals surface area contributed by atoms with Gasteiger partial charge in [-0.05, 0) is 6.92 Å². The first kappa shape index (κ1) is 8.93. The number of rotatable bonds is 1. The molecule has 1 aliphatic heterocycles. The number of esters is 1. The summed E-state index contributed by atoms with van der Waals surface area (Å²) in [7, 11) is 3.61. The maximum absolute atomic E-state index is 11.4. The van der Waals surface area contributed by atoms with Crippen molar-refractivity contribution in [3.63, 3.8) is 0 Å². The molecule has 2 heterocycles. The molecule has 0 aliphatic carbocycles. The van der Waals surface area contributed by atoms with E-state index in [1.165, 1.54) is 0 Å². The number of carbonyl (C=O) groups excluding carboxylic acids is 1. The van der Waals surface area contributed by atoms with Gasteiger partial charge < -0.3 is 19.4 Å². The Morgan fingerprint density at radius 3 is 2.79 bits per heavy atom. The van der Waals surface area contributed by atoms with Crippen LogP contribution in [0.1, 0.15) is 16.2 Å². The summed E-state index contributed by atoms with van der Waals surface area (Å²) in [5.41, 5.74) is 2.27. The van der Waals surface area contributed by atoms with E-state index in [0.29, 0.717) is 11.4 Å². The number of cyclic esters (lactones) is 1. The Morgan fingerprint density at radius 1 is 1.43 bits per heavy atom. The number of aromatic nitrogens is 1. The van der Waals surface area contributed by atoms with Crippen molar-refractivity contribution in [1.82, 2.24) is 4.57 Å². The van der Waals surface area contributed by atoms with Crippen LogP contribution in [-0.2, 0) is 11.8 Å². The Balaban J connectivity index is 2.67. The summed E-state index contributed by atoms with van der Waals surface area (Å²) in [5, 5.41) is 3.01. The van der Waals surface area contributed by atoms with Crippen LogP contribution in [-0.4, -0.2) is 24.4 Å². The molecule has 0 atom stereocenters. The third-order valence-electron chi connectivity index (χ3n) is 2.48. The van der Waals surface area contributed by atoms with Crippen LogP contribution in [0.25, 0.3) is 0 Å². The molecule has 0 spiro atoms. The van der Waals surface area contributed by atoms with Crippen molar-refractivity contribution in [2.24, 2.45) is 7.05 Å². The highest BCUT2D eigenvalue weighted by atomic mass is 16.7. The lowest BCUT2D eigenvalue weighted by molar-refractivity contribution is 0.00385. The minimum absolute atomic E-state index is 0.00995. The van der Waals surface area contributed by atoms with Gasteiger partial charge in [0.15, 0.2) is 11.4 Å². The third-order valence-corrected chi connectivity index (χ3v) is 2.48. The molecule has 1 aromatic heterocycles. The van der Waals surface area contributed by atoms with Gasteiger partial charge in [-0.25, -0.2) is 4.79 Å². The topological polar surface area (TPSA) is 52.5 Å². The molecule has 1 N–H and O–H groups in total. The summed E-state index contributed by atoms with van der Waals surface area (Å²) in [6.45, 7) is 1.91. The van der Waals surface area contributed by atoms with Gasteiger partial charge in [0.25, 0.3) is 0 Å². The van der Waals surface area contributed by atoms with Gasteiger partial charge >= 0.3 is 5.97 Å². The normalized spacial score (nSPS) is 14.4. The van der Waals surface area contributed by atoms with Crippen molar-refractivity contribution < 1.29 is 14.3 Å². The Bertz CT molecular complexity index is 395. The monoisotopic (exact) mass is 196 g/mol. The van der Waals surface area contributed by atoms with E-state index in [4.69, 9.17) is 9.47 Å². The molecule has 2 rings (SSSR count). The van der Waals surface area contributed by atoms with Crippen LogP contribution in [0.5, 0.6) is 5.75 Å². The average Bonchev–Trinajstić information content (AvgIpc) is 2.41. The molecule has 14 heavy (non-hydrogen) atoms. The van der Waals surface area contributed by atoms with Gasteiger partial charge in [0.05, 0.1) is 5.69 Å². The summed E-state index contributed by atoms with van der Waals surface area (Å²) in [6, 6.07) is 0.